The van der Waals surface area contributed by atoms with Gasteiger partial charge in [0, 0.05) is 15.6 Å². The van der Waals surface area contributed by atoms with Crippen molar-refractivity contribution in [3.8, 4) is 23.0 Å². The third kappa shape index (κ3) is 2.52. The van der Waals surface area contributed by atoms with Crippen LogP contribution >= 0.6 is 23.2 Å². The maximum Gasteiger partial charge on any atom is 0.145 e. The van der Waals surface area contributed by atoms with Gasteiger partial charge in [0.1, 0.15) is 23.1 Å². The Morgan fingerprint density at radius 1 is 0.955 bits per heavy atom. The van der Waals surface area contributed by atoms with E-state index in [0.717, 1.165) is 11.3 Å². The van der Waals surface area contributed by atoms with E-state index in [1.54, 1.807) is 48.5 Å². The van der Waals surface area contributed by atoms with E-state index in [2.05, 4.69) is 11.2 Å². The molecule has 0 aliphatic carbocycles. The smallest absolute Gasteiger partial charge is 0.145 e. The lowest BCUT2D eigenvalue weighted by molar-refractivity contribution is 0.895. The zero-order valence-electron chi connectivity index (χ0n) is 11.3. The molecule has 22 heavy (non-hydrogen) atoms. The average molecular weight is 329 g/mol. The van der Waals surface area contributed by atoms with E-state index in [1.165, 1.54) is 4.68 Å². The maximum atomic E-state index is 9.39. The Bertz CT molecular complexity index is 859. The van der Waals surface area contributed by atoms with Crippen molar-refractivity contribution in [2.75, 3.05) is 5.73 Å². The lowest BCUT2D eigenvalue weighted by atomic mass is 10.1. The molecule has 108 valence electrons. The van der Waals surface area contributed by atoms with Crippen molar-refractivity contribution in [2.45, 2.75) is 0 Å². The molecule has 0 aliphatic rings. The molecule has 2 N–H and O–H groups in total. The molecule has 0 aliphatic heterocycles. The fraction of sp³-hybridized carbons (Fsp3) is 0. The fourth-order valence-corrected chi connectivity index (χ4v) is 2.38. The Morgan fingerprint density at radius 2 is 1.50 bits per heavy atom. The summed E-state index contributed by atoms with van der Waals surface area (Å²) >= 11 is 11.8. The molecule has 0 radical (unpaired) electrons. The lowest BCUT2D eigenvalue weighted by Gasteiger charge is -2.03. The second-order valence-electron chi connectivity index (χ2n) is 4.62. The first-order chi connectivity index (χ1) is 10.6. The molecule has 3 aromatic rings. The molecule has 0 saturated carbocycles. The highest BCUT2D eigenvalue weighted by Crippen LogP contribution is 2.29. The van der Waals surface area contributed by atoms with Crippen LogP contribution in [0.5, 0.6) is 0 Å². The number of nitrogens with two attached hydrogens (primary N) is 1. The number of anilines is 1. The quantitative estimate of drug-likeness (QED) is 0.762. The van der Waals surface area contributed by atoms with Crippen LogP contribution in [0, 0.1) is 11.3 Å². The molecule has 1 aromatic heterocycles. The van der Waals surface area contributed by atoms with Crippen LogP contribution in [0.2, 0.25) is 10.0 Å². The van der Waals surface area contributed by atoms with Crippen LogP contribution in [-0.4, -0.2) is 9.78 Å². The number of nitriles is 1. The number of nitrogen functional groups attached to an aromatic ring is 1. The van der Waals surface area contributed by atoms with Crippen molar-refractivity contribution >= 4 is 29.0 Å². The number of benzene rings is 2. The van der Waals surface area contributed by atoms with Gasteiger partial charge >= 0.3 is 0 Å². The fourth-order valence-electron chi connectivity index (χ4n) is 2.13. The summed E-state index contributed by atoms with van der Waals surface area (Å²) < 4.78 is 1.53. The molecule has 0 bridgehead atoms. The average Bonchev–Trinajstić information content (AvgIpc) is 2.85. The topological polar surface area (TPSA) is 67.6 Å². The molecule has 0 spiro atoms. The number of rotatable bonds is 2. The van der Waals surface area contributed by atoms with Crippen LogP contribution in [0.1, 0.15) is 5.56 Å². The first-order valence-electron chi connectivity index (χ1n) is 6.40. The summed E-state index contributed by atoms with van der Waals surface area (Å²) in [6.45, 7) is 0. The highest BCUT2D eigenvalue weighted by atomic mass is 35.5. The van der Waals surface area contributed by atoms with Gasteiger partial charge in [-0.2, -0.15) is 10.4 Å². The van der Waals surface area contributed by atoms with E-state index in [0.29, 0.717) is 21.3 Å². The summed E-state index contributed by atoms with van der Waals surface area (Å²) in [4.78, 5) is 0. The molecule has 0 atom stereocenters. The van der Waals surface area contributed by atoms with Crippen LogP contribution in [0.25, 0.3) is 16.9 Å². The van der Waals surface area contributed by atoms with Gasteiger partial charge in [-0.25, -0.2) is 4.68 Å². The molecule has 2 aromatic carbocycles. The van der Waals surface area contributed by atoms with Gasteiger partial charge in [0.25, 0.3) is 0 Å². The van der Waals surface area contributed by atoms with Crippen molar-refractivity contribution in [1.29, 1.82) is 5.26 Å². The second-order valence-corrected chi connectivity index (χ2v) is 5.49. The van der Waals surface area contributed by atoms with E-state index in [9.17, 15) is 5.26 Å². The van der Waals surface area contributed by atoms with Crippen LogP contribution in [0.4, 0.5) is 5.82 Å². The van der Waals surface area contributed by atoms with Gasteiger partial charge < -0.3 is 5.73 Å². The van der Waals surface area contributed by atoms with Gasteiger partial charge in [-0.15, -0.1) is 0 Å². The van der Waals surface area contributed by atoms with E-state index >= 15 is 0 Å². The highest BCUT2D eigenvalue weighted by molar-refractivity contribution is 6.30. The van der Waals surface area contributed by atoms with Gasteiger partial charge in [-0.05, 0) is 36.4 Å². The predicted octanol–water partition coefficient (Wildman–Crippen LogP) is 4.30. The van der Waals surface area contributed by atoms with Crippen molar-refractivity contribution < 1.29 is 0 Å². The number of halogens is 2. The summed E-state index contributed by atoms with van der Waals surface area (Å²) in [6.07, 6.45) is 0. The minimum absolute atomic E-state index is 0.287. The van der Waals surface area contributed by atoms with Gasteiger partial charge in [0.15, 0.2) is 0 Å². The van der Waals surface area contributed by atoms with Crippen molar-refractivity contribution in [2.24, 2.45) is 0 Å². The first-order valence-corrected chi connectivity index (χ1v) is 7.16. The number of aromatic nitrogens is 2. The summed E-state index contributed by atoms with van der Waals surface area (Å²) in [5.74, 6) is 0.287. The van der Waals surface area contributed by atoms with Crippen LogP contribution < -0.4 is 5.73 Å². The summed E-state index contributed by atoms with van der Waals surface area (Å²) in [6, 6.07) is 16.3. The van der Waals surface area contributed by atoms with Gasteiger partial charge in [0.2, 0.25) is 0 Å². The molecule has 4 nitrogen and oxygen atoms in total. The Hall–Kier alpha value is -2.48. The summed E-state index contributed by atoms with van der Waals surface area (Å²) in [7, 11) is 0. The van der Waals surface area contributed by atoms with E-state index < -0.39 is 0 Å². The monoisotopic (exact) mass is 328 g/mol. The molecule has 0 unspecified atom stereocenters. The molecule has 0 saturated heterocycles. The lowest BCUT2D eigenvalue weighted by Crippen LogP contribution is -2.02. The van der Waals surface area contributed by atoms with E-state index in [1.807, 2.05) is 0 Å². The minimum Gasteiger partial charge on any atom is -0.382 e. The predicted molar refractivity (Wildman–Crippen MR) is 88.1 cm³/mol. The first kappa shape index (κ1) is 14.5. The molecule has 0 amide bonds. The molecular weight excluding hydrogens is 319 g/mol. The molecule has 1 heterocycles. The third-order valence-electron chi connectivity index (χ3n) is 3.22. The Balaban J connectivity index is 2.17. The van der Waals surface area contributed by atoms with Gasteiger partial charge in [0.05, 0.1) is 5.69 Å². The van der Waals surface area contributed by atoms with Crippen LogP contribution in [0.15, 0.2) is 48.5 Å². The molecular formula is C16H10Cl2N4. The van der Waals surface area contributed by atoms with Crippen LogP contribution in [-0.2, 0) is 0 Å². The number of hydrogen-bond acceptors (Lipinski definition) is 3. The zero-order valence-corrected chi connectivity index (χ0v) is 12.8. The highest BCUT2D eigenvalue weighted by Gasteiger charge is 2.17. The number of hydrogen-bond donors (Lipinski definition) is 1. The van der Waals surface area contributed by atoms with E-state index in [4.69, 9.17) is 28.9 Å². The Labute approximate surface area is 137 Å². The normalized spacial score (nSPS) is 10.4. The standard InChI is InChI=1S/C16H10Cl2N4/c17-11-3-1-10(2-4-11)15-14(9-19)16(20)22(21-15)13-7-5-12(18)6-8-13/h1-8H,20H2. The van der Waals surface area contributed by atoms with E-state index in [-0.39, 0.29) is 5.82 Å². The Morgan fingerprint density at radius 3 is 2.05 bits per heavy atom. The van der Waals surface area contributed by atoms with Crippen molar-refractivity contribution in [1.82, 2.24) is 9.78 Å². The minimum atomic E-state index is 0.287. The van der Waals surface area contributed by atoms with Crippen molar-refractivity contribution in [3.63, 3.8) is 0 Å². The third-order valence-corrected chi connectivity index (χ3v) is 3.73. The second kappa shape index (κ2) is 5.72. The molecule has 3 rings (SSSR count). The zero-order chi connectivity index (χ0) is 15.7. The maximum absolute atomic E-state index is 9.39. The summed E-state index contributed by atoms with van der Waals surface area (Å²) in [5, 5.41) is 15.1. The number of nitrogens with zero attached hydrogens (tertiary/aromatic N) is 3. The SMILES string of the molecule is N#Cc1c(-c2ccc(Cl)cc2)nn(-c2ccc(Cl)cc2)c1N. The van der Waals surface area contributed by atoms with Crippen molar-refractivity contribution in [3.05, 3.63) is 64.1 Å². The summed E-state index contributed by atoms with van der Waals surface area (Å²) in [5.41, 5.74) is 8.43. The molecule has 0 fully saturated rings. The largest absolute Gasteiger partial charge is 0.382 e. The molecule has 6 heteroatoms. The van der Waals surface area contributed by atoms with Crippen LogP contribution in [0.3, 0.4) is 0 Å². The van der Waals surface area contributed by atoms with Gasteiger partial charge in [-0.1, -0.05) is 35.3 Å². The Kier molecular flexibility index (Phi) is 3.76. The van der Waals surface area contributed by atoms with Gasteiger partial charge in [-0.3, -0.25) is 0 Å².